The van der Waals surface area contributed by atoms with E-state index in [2.05, 4.69) is 9.97 Å². The normalized spacial score (nSPS) is 18.9. The Kier molecular flexibility index (Phi) is 5.71. The van der Waals surface area contributed by atoms with Crippen LogP contribution in [-0.4, -0.2) is 57.2 Å². The fourth-order valence-corrected chi connectivity index (χ4v) is 6.31. The Morgan fingerprint density at radius 1 is 1.14 bits per heavy atom. The van der Waals surface area contributed by atoms with Crippen LogP contribution < -0.4 is 9.64 Å². The summed E-state index contributed by atoms with van der Waals surface area (Å²) < 4.78 is 11.8. The molecular formula is C23H15Cl3N4O5S. The number of hydrogen-bond acceptors (Lipinski definition) is 8. The predicted octanol–water partition coefficient (Wildman–Crippen LogP) is 6.07. The highest BCUT2D eigenvalue weighted by Gasteiger charge is 2.48. The molecule has 2 atom stereocenters. The summed E-state index contributed by atoms with van der Waals surface area (Å²) in [5.41, 5.74) is 1.39. The molecule has 0 spiro atoms. The first kappa shape index (κ1) is 23.4. The average Bonchev–Trinajstić information content (AvgIpc) is 3.49. The molecule has 2 bridgehead atoms. The standard InChI is InChI=1S/C23H15Cl3N4O5S/c24-10-5-14(25)17(15(26)6-10)21(31)34-16-2-1-13(20-27-3-4-36-20)19-18(16)28-22(35-19)29-8-11-7-12(9-29)30(11)23(32)33/h1-6,11-12H,7-9H2,(H,32,33). The molecule has 9 nitrogen and oxygen atoms in total. The van der Waals surface area contributed by atoms with Crippen molar-refractivity contribution in [1.82, 2.24) is 14.9 Å². The molecule has 3 saturated heterocycles. The zero-order chi connectivity index (χ0) is 25.1. The van der Waals surface area contributed by atoms with E-state index in [-0.39, 0.29) is 33.4 Å². The Hall–Kier alpha value is -3.05. The second kappa shape index (κ2) is 8.81. The van der Waals surface area contributed by atoms with Gasteiger partial charge in [-0.2, -0.15) is 4.98 Å². The fraction of sp³-hybridized carbons (Fsp3) is 0.217. The summed E-state index contributed by atoms with van der Waals surface area (Å²) in [6, 6.07) is 6.23. The molecule has 5 heterocycles. The van der Waals surface area contributed by atoms with Crippen molar-refractivity contribution in [3.05, 3.63) is 56.5 Å². The molecule has 7 rings (SSSR count). The average molecular weight is 566 g/mol. The van der Waals surface area contributed by atoms with E-state index >= 15 is 0 Å². The zero-order valence-electron chi connectivity index (χ0n) is 18.2. The second-order valence-corrected chi connectivity index (χ2v) is 10.5. The maximum Gasteiger partial charge on any atom is 0.407 e. The van der Waals surface area contributed by atoms with Gasteiger partial charge in [-0.25, -0.2) is 14.6 Å². The number of carbonyl (C=O) groups excluding carboxylic acids is 1. The van der Waals surface area contributed by atoms with Gasteiger partial charge in [0.25, 0.3) is 6.01 Å². The molecule has 0 radical (unpaired) electrons. The number of thiazole rings is 1. The van der Waals surface area contributed by atoms with Gasteiger partial charge in [0, 0.05) is 29.7 Å². The number of rotatable bonds is 4. The number of amides is 1. The molecular weight excluding hydrogens is 551 g/mol. The minimum atomic E-state index is -0.923. The monoisotopic (exact) mass is 564 g/mol. The third kappa shape index (κ3) is 3.85. The molecule has 2 aromatic heterocycles. The molecule has 4 aromatic rings. The summed E-state index contributed by atoms with van der Waals surface area (Å²) in [6.45, 7) is 0.903. The van der Waals surface area contributed by atoms with Gasteiger partial charge in [-0.1, -0.05) is 34.8 Å². The number of halogens is 3. The molecule has 2 unspecified atom stereocenters. The Bertz CT molecular complexity index is 1490. The maximum absolute atomic E-state index is 13.0. The quantitative estimate of drug-likeness (QED) is 0.235. The van der Waals surface area contributed by atoms with E-state index in [0.717, 1.165) is 6.42 Å². The van der Waals surface area contributed by atoms with Crippen LogP contribution in [0.25, 0.3) is 21.7 Å². The van der Waals surface area contributed by atoms with Crippen molar-refractivity contribution >= 4 is 75.3 Å². The summed E-state index contributed by atoms with van der Waals surface area (Å²) in [4.78, 5) is 36.9. The number of oxazole rings is 1. The van der Waals surface area contributed by atoms with Crippen LogP contribution in [-0.2, 0) is 0 Å². The van der Waals surface area contributed by atoms with Gasteiger partial charge in [-0.3, -0.25) is 4.90 Å². The SMILES string of the molecule is O=C(Oc1ccc(-c2nccs2)c2oc(N3CC4CC(C3)N4C(=O)O)nc12)c1c(Cl)cc(Cl)cc1Cl. The van der Waals surface area contributed by atoms with E-state index in [0.29, 0.717) is 45.8 Å². The number of esters is 1. The van der Waals surface area contributed by atoms with Crippen molar-refractivity contribution in [2.45, 2.75) is 18.5 Å². The number of anilines is 1. The molecule has 1 amide bonds. The zero-order valence-corrected chi connectivity index (χ0v) is 21.2. The second-order valence-electron chi connectivity index (χ2n) is 8.39. The van der Waals surface area contributed by atoms with Crippen LogP contribution >= 0.6 is 46.1 Å². The van der Waals surface area contributed by atoms with Crippen LogP contribution in [0.5, 0.6) is 5.75 Å². The lowest BCUT2D eigenvalue weighted by atomic mass is 9.88. The van der Waals surface area contributed by atoms with E-state index in [1.807, 2.05) is 10.3 Å². The molecule has 3 aliphatic heterocycles. The third-order valence-corrected chi connectivity index (χ3v) is 7.88. The number of piperazine rings is 1. The molecule has 3 fully saturated rings. The number of ether oxygens (including phenoxy) is 1. The highest BCUT2D eigenvalue weighted by molar-refractivity contribution is 7.13. The first-order valence-electron chi connectivity index (χ1n) is 10.8. The summed E-state index contributed by atoms with van der Waals surface area (Å²) >= 11 is 19.8. The van der Waals surface area contributed by atoms with Crippen molar-refractivity contribution in [2.75, 3.05) is 18.0 Å². The molecule has 1 N–H and O–H groups in total. The topological polar surface area (TPSA) is 109 Å². The van der Waals surface area contributed by atoms with Crippen molar-refractivity contribution < 1.29 is 23.8 Å². The Morgan fingerprint density at radius 2 is 1.86 bits per heavy atom. The largest absolute Gasteiger partial charge is 0.465 e. The summed E-state index contributed by atoms with van der Waals surface area (Å²) in [5, 5.41) is 12.4. The number of benzene rings is 2. The van der Waals surface area contributed by atoms with Crippen LogP contribution in [0.1, 0.15) is 16.8 Å². The van der Waals surface area contributed by atoms with Crippen LogP contribution in [0, 0.1) is 0 Å². The highest BCUT2D eigenvalue weighted by Crippen LogP contribution is 2.41. The lowest BCUT2D eigenvalue weighted by Gasteiger charge is -2.54. The number of hydrogen-bond donors (Lipinski definition) is 1. The van der Waals surface area contributed by atoms with Gasteiger partial charge in [0.1, 0.15) is 5.01 Å². The minimum absolute atomic E-state index is 0.0199. The number of piperidine rings is 1. The van der Waals surface area contributed by atoms with E-state index in [4.69, 9.17) is 44.0 Å². The smallest absolute Gasteiger partial charge is 0.407 e. The van der Waals surface area contributed by atoms with Gasteiger partial charge in [0.15, 0.2) is 16.8 Å². The van der Waals surface area contributed by atoms with E-state index in [9.17, 15) is 14.7 Å². The van der Waals surface area contributed by atoms with Gasteiger partial charge in [-0.15, -0.1) is 11.3 Å². The Balaban J connectivity index is 1.38. The summed E-state index contributed by atoms with van der Waals surface area (Å²) in [7, 11) is 0. The molecule has 184 valence electrons. The first-order chi connectivity index (χ1) is 17.3. The first-order valence-corrected chi connectivity index (χ1v) is 12.8. The summed E-state index contributed by atoms with van der Waals surface area (Å²) in [6.07, 6.45) is 1.56. The summed E-state index contributed by atoms with van der Waals surface area (Å²) in [5.74, 6) is -0.618. The predicted molar refractivity (Wildman–Crippen MR) is 136 cm³/mol. The number of carboxylic acid groups (broad SMARTS) is 1. The van der Waals surface area contributed by atoms with E-state index < -0.39 is 12.1 Å². The number of carbonyl (C=O) groups is 2. The van der Waals surface area contributed by atoms with Crippen LogP contribution in [0.4, 0.5) is 10.8 Å². The van der Waals surface area contributed by atoms with Crippen molar-refractivity contribution in [3.8, 4) is 16.3 Å². The minimum Gasteiger partial charge on any atom is -0.465 e. The Labute approximate surface area is 222 Å². The lowest BCUT2D eigenvalue weighted by molar-refractivity contribution is 0.0101. The molecule has 0 saturated carbocycles. The molecule has 13 heteroatoms. The number of aromatic nitrogens is 2. The van der Waals surface area contributed by atoms with Crippen molar-refractivity contribution in [1.29, 1.82) is 0 Å². The van der Waals surface area contributed by atoms with Crippen LogP contribution in [0.3, 0.4) is 0 Å². The van der Waals surface area contributed by atoms with Crippen LogP contribution in [0.2, 0.25) is 15.1 Å². The van der Waals surface area contributed by atoms with Gasteiger partial charge < -0.3 is 19.2 Å². The molecule has 36 heavy (non-hydrogen) atoms. The molecule has 0 aliphatic carbocycles. The fourth-order valence-electron chi connectivity index (χ4n) is 4.68. The maximum atomic E-state index is 13.0. The lowest BCUT2D eigenvalue weighted by Crippen LogP contribution is -2.70. The van der Waals surface area contributed by atoms with Crippen molar-refractivity contribution in [3.63, 3.8) is 0 Å². The van der Waals surface area contributed by atoms with E-state index in [1.54, 1.807) is 18.3 Å². The highest BCUT2D eigenvalue weighted by atomic mass is 35.5. The third-order valence-electron chi connectivity index (χ3n) is 6.26. The van der Waals surface area contributed by atoms with Gasteiger partial charge in [-0.05, 0) is 30.7 Å². The van der Waals surface area contributed by atoms with Gasteiger partial charge >= 0.3 is 12.1 Å². The molecule has 3 aliphatic rings. The van der Waals surface area contributed by atoms with Gasteiger partial charge in [0.2, 0.25) is 0 Å². The van der Waals surface area contributed by atoms with Crippen molar-refractivity contribution in [2.24, 2.45) is 0 Å². The number of nitrogens with zero attached hydrogens (tertiary/aromatic N) is 4. The molecule has 2 aromatic carbocycles. The number of fused-ring (bicyclic) bond motifs is 3. The van der Waals surface area contributed by atoms with E-state index in [1.165, 1.54) is 28.4 Å². The van der Waals surface area contributed by atoms with Gasteiger partial charge in [0.05, 0.1) is 33.3 Å². The Morgan fingerprint density at radius 3 is 2.50 bits per heavy atom. The van der Waals surface area contributed by atoms with Crippen LogP contribution in [0.15, 0.2) is 40.3 Å².